The summed E-state index contributed by atoms with van der Waals surface area (Å²) < 4.78 is 1.48. The van der Waals surface area contributed by atoms with E-state index in [1.165, 1.54) is 10.9 Å². The molecule has 0 saturated heterocycles. The maximum Gasteiger partial charge on any atom is 0.261 e. The van der Waals surface area contributed by atoms with Crippen molar-refractivity contribution in [2.75, 3.05) is 5.32 Å². The minimum atomic E-state index is -0.169. The van der Waals surface area contributed by atoms with E-state index in [9.17, 15) is 9.59 Å². The van der Waals surface area contributed by atoms with E-state index in [-0.39, 0.29) is 24.4 Å². The number of fused-ring (bicyclic) bond motifs is 2. The fraction of sp³-hybridized carbons (Fsp3) is 0.120. The van der Waals surface area contributed by atoms with Crippen molar-refractivity contribution < 1.29 is 4.79 Å². The molecule has 0 spiro atoms. The predicted octanol–water partition coefficient (Wildman–Crippen LogP) is 4.28. The van der Waals surface area contributed by atoms with E-state index < -0.39 is 0 Å². The lowest BCUT2D eigenvalue weighted by Gasteiger charge is -2.09. The number of nitrogens with zero attached hydrogens (tertiary/aromatic N) is 3. The van der Waals surface area contributed by atoms with Crippen molar-refractivity contribution >= 4 is 33.5 Å². The van der Waals surface area contributed by atoms with E-state index in [2.05, 4.69) is 20.3 Å². The van der Waals surface area contributed by atoms with Gasteiger partial charge in [0.25, 0.3) is 5.56 Å². The molecule has 0 bridgehead atoms. The highest BCUT2D eigenvalue weighted by Crippen LogP contribution is 2.22. The van der Waals surface area contributed by atoms with Crippen LogP contribution < -0.4 is 10.9 Å². The van der Waals surface area contributed by atoms with Gasteiger partial charge < -0.3 is 10.3 Å². The number of rotatable bonds is 5. The second kappa shape index (κ2) is 8.11. The van der Waals surface area contributed by atoms with Gasteiger partial charge in [0, 0.05) is 24.2 Å². The zero-order chi connectivity index (χ0) is 22.1. The van der Waals surface area contributed by atoms with E-state index >= 15 is 0 Å². The van der Waals surface area contributed by atoms with Gasteiger partial charge >= 0.3 is 0 Å². The van der Waals surface area contributed by atoms with Crippen LogP contribution in [-0.4, -0.2) is 25.4 Å². The summed E-state index contributed by atoms with van der Waals surface area (Å²) in [4.78, 5) is 37.4. The number of nitrogens with one attached hydrogen (secondary N) is 2. The maximum atomic E-state index is 12.7. The number of imidazole rings is 1. The van der Waals surface area contributed by atoms with E-state index in [0.717, 1.165) is 28.0 Å². The van der Waals surface area contributed by atoms with Crippen molar-refractivity contribution in [2.45, 2.75) is 19.9 Å². The average molecular weight is 423 g/mol. The largest absolute Gasteiger partial charge is 0.338 e. The van der Waals surface area contributed by atoms with Crippen LogP contribution in [0, 0.1) is 6.92 Å². The lowest BCUT2D eigenvalue weighted by atomic mass is 10.1. The SMILES string of the molecule is Cc1cccc2c(=O)n(CCC(=O)Nc3ccc(-c4nc5ccccc5[nH]4)cc3)cnc12. The Balaban J connectivity index is 1.25. The second-order valence-corrected chi connectivity index (χ2v) is 7.69. The molecule has 7 nitrogen and oxygen atoms in total. The number of amides is 1. The van der Waals surface area contributed by atoms with Gasteiger partial charge in [0.15, 0.2) is 0 Å². The highest BCUT2D eigenvalue weighted by molar-refractivity contribution is 5.91. The van der Waals surface area contributed by atoms with Gasteiger partial charge in [0.1, 0.15) is 5.82 Å². The highest BCUT2D eigenvalue weighted by Gasteiger charge is 2.09. The molecule has 32 heavy (non-hydrogen) atoms. The number of carbonyl (C=O) groups excluding carboxylic acids is 1. The highest BCUT2D eigenvalue weighted by atomic mass is 16.2. The third-order valence-corrected chi connectivity index (χ3v) is 5.47. The van der Waals surface area contributed by atoms with E-state index in [1.54, 1.807) is 6.07 Å². The summed E-state index contributed by atoms with van der Waals surface area (Å²) in [5.41, 5.74) is 5.03. The molecule has 0 aliphatic carbocycles. The minimum Gasteiger partial charge on any atom is -0.338 e. The van der Waals surface area contributed by atoms with Gasteiger partial charge in [-0.2, -0.15) is 0 Å². The Hall–Kier alpha value is -4.26. The number of carbonyl (C=O) groups is 1. The molecule has 7 heteroatoms. The van der Waals surface area contributed by atoms with Crippen molar-refractivity contribution in [2.24, 2.45) is 0 Å². The molecule has 158 valence electrons. The molecule has 0 radical (unpaired) electrons. The number of anilines is 1. The minimum absolute atomic E-state index is 0.137. The topological polar surface area (TPSA) is 92.7 Å². The van der Waals surface area contributed by atoms with Gasteiger partial charge in [0.05, 0.1) is 28.3 Å². The fourth-order valence-electron chi connectivity index (χ4n) is 3.74. The lowest BCUT2D eigenvalue weighted by molar-refractivity contribution is -0.116. The summed E-state index contributed by atoms with van der Waals surface area (Å²) >= 11 is 0. The zero-order valence-corrected chi connectivity index (χ0v) is 17.5. The molecule has 0 aliphatic rings. The normalized spacial score (nSPS) is 11.2. The van der Waals surface area contributed by atoms with Crippen LogP contribution in [0.1, 0.15) is 12.0 Å². The molecule has 3 aromatic carbocycles. The second-order valence-electron chi connectivity index (χ2n) is 7.69. The van der Waals surface area contributed by atoms with Crippen molar-refractivity contribution in [1.29, 1.82) is 0 Å². The summed E-state index contributed by atoms with van der Waals surface area (Å²) in [6.45, 7) is 2.19. The van der Waals surface area contributed by atoms with Crippen LogP contribution in [0.15, 0.2) is 77.9 Å². The van der Waals surface area contributed by atoms with Gasteiger partial charge in [0.2, 0.25) is 5.91 Å². The number of aromatic nitrogens is 4. The smallest absolute Gasteiger partial charge is 0.261 e. The number of hydrogen-bond donors (Lipinski definition) is 2. The van der Waals surface area contributed by atoms with Crippen molar-refractivity contribution in [3.05, 3.63) is 89.0 Å². The van der Waals surface area contributed by atoms with Crippen LogP contribution in [0.3, 0.4) is 0 Å². The molecular formula is C25H21N5O2. The predicted molar refractivity (Wildman–Crippen MR) is 126 cm³/mol. The van der Waals surface area contributed by atoms with Gasteiger partial charge in [-0.05, 0) is 55.0 Å². The van der Waals surface area contributed by atoms with Gasteiger partial charge in [-0.15, -0.1) is 0 Å². The Bertz CT molecular complexity index is 1470. The number of para-hydroxylation sites is 3. The third kappa shape index (κ3) is 3.76. The van der Waals surface area contributed by atoms with Gasteiger partial charge in [-0.1, -0.05) is 24.3 Å². The molecule has 2 aromatic heterocycles. The monoisotopic (exact) mass is 423 g/mol. The summed E-state index contributed by atoms with van der Waals surface area (Å²) in [6.07, 6.45) is 1.68. The molecule has 0 atom stereocenters. The quantitative estimate of drug-likeness (QED) is 0.441. The van der Waals surface area contributed by atoms with Crippen molar-refractivity contribution in [1.82, 2.24) is 19.5 Å². The first-order valence-corrected chi connectivity index (χ1v) is 10.4. The summed E-state index contributed by atoms with van der Waals surface area (Å²) in [6, 6.07) is 20.9. The van der Waals surface area contributed by atoms with Crippen LogP contribution in [0.2, 0.25) is 0 Å². The molecule has 0 unspecified atom stereocenters. The first kappa shape index (κ1) is 19.7. The van der Waals surface area contributed by atoms with Crippen LogP contribution in [0.4, 0.5) is 5.69 Å². The first-order chi connectivity index (χ1) is 15.6. The maximum absolute atomic E-state index is 12.7. The number of benzene rings is 3. The van der Waals surface area contributed by atoms with Crippen LogP contribution in [0.5, 0.6) is 0 Å². The Kier molecular flexibility index (Phi) is 4.99. The number of aryl methyl sites for hydroxylation is 2. The van der Waals surface area contributed by atoms with Crippen molar-refractivity contribution in [3.8, 4) is 11.4 Å². The summed E-state index contributed by atoms with van der Waals surface area (Å²) in [7, 11) is 0. The first-order valence-electron chi connectivity index (χ1n) is 10.4. The molecule has 0 fully saturated rings. The number of hydrogen-bond acceptors (Lipinski definition) is 4. The Morgan fingerprint density at radius 2 is 1.84 bits per heavy atom. The summed E-state index contributed by atoms with van der Waals surface area (Å²) in [5, 5.41) is 3.44. The average Bonchev–Trinajstić information content (AvgIpc) is 3.24. The Morgan fingerprint density at radius 1 is 1.03 bits per heavy atom. The molecule has 0 aliphatic heterocycles. The third-order valence-electron chi connectivity index (χ3n) is 5.47. The molecule has 2 N–H and O–H groups in total. The summed E-state index contributed by atoms with van der Waals surface area (Å²) in [5.74, 6) is 0.611. The molecular weight excluding hydrogens is 402 g/mol. The van der Waals surface area contributed by atoms with Crippen LogP contribution >= 0.6 is 0 Å². The molecule has 0 saturated carbocycles. The molecule has 2 heterocycles. The standard InChI is InChI=1S/C25H21N5O2/c1-16-5-4-6-19-23(16)26-15-30(25(19)32)14-13-22(31)27-18-11-9-17(10-12-18)24-28-20-7-2-3-8-21(20)29-24/h2-12,15H,13-14H2,1H3,(H,27,31)(H,28,29). The fourth-order valence-corrected chi connectivity index (χ4v) is 3.74. The zero-order valence-electron chi connectivity index (χ0n) is 17.5. The molecule has 5 rings (SSSR count). The van der Waals surface area contributed by atoms with Crippen LogP contribution in [-0.2, 0) is 11.3 Å². The molecule has 1 amide bonds. The Morgan fingerprint density at radius 3 is 2.66 bits per heavy atom. The van der Waals surface area contributed by atoms with Gasteiger partial charge in [-0.3, -0.25) is 14.2 Å². The van der Waals surface area contributed by atoms with Gasteiger partial charge in [-0.25, -0.2) is 9.97 Å². The van der Waals surface area contributed by atoms with Crippen molar-refractivity contribution in [3.63, 3.8) is 0 Å². The van der Waals surface area contributed by atoms with E-state index in [0.29, 0.717) is 16.6 Å². The number of H-pyrrole nitrogens is 1. The van der Waals surface area contributed by atoms with E-state index in [1.807, 2.05) is 67.6 Å². The lowest BCUT2D eigenvalue weighted by Crippen LogP contribution is -2.23. The van der Waals surface area contributed by atoms with Crippen LogP contribution in [0.25, 0.3) is 33.3 Å². The Labute approximate surface area is 183 Å². The number of aromatic amines is 1. The van der Waals surface area contributed by atoms with E-state index in [4.69, 9.17) is 0 Å². The molecule has 5 aromatic rings.